The minimum Gasteiger partial charge on any atom is -0.353 e. The minimum absolute atomic E-state index is 0. The van der Waals surface area contributed by atoms with Gasteiger partial charge in [-0.1, -0.05) is 29.8 Å². The minimum atomic E-state index is -0.00386. The number of likely N-dealkylation sites (N-methyl/N-ethyl adjacent to an activating group) is 1. The van der Waals surface area contributed by atoms with E-state index in [0.29, 0.717) is 6.54 Å². The summed E-state index contributed by atoms with van der Waals surface area (Å²) < 4.78 is 0. The fourth-order valence-corrected chi connectivity index (χ4v) is 2.62. The van der Waals surface area contributed by atoms with Crippen molar-refractivity contribution in [2.24, 2.45) is 0 Å². The van der Waals surface area contributed by atoms with E-state index in [1.54, 1.807) is 0 Å². The quantitative estimate of drug-likeness (QED) is 0.858. The number of hydrogen-bond donors (Lipinski definition) is 2. The molecule has 22 heavy (non-hydrogen) atoms. The van der Waals surface area contributed by atoms with E-state index in [1.807, 2.05) is 14.1 Å². The third kappa shape index (κ3) is 5.76. The molecule has 6 heteroatoms. The first kappa shape index (κ1) is 21.2. The zero-order valence-electron chi connectivity index (χ0n) is 13.5. The Morgan fingerprint density at radius 2 is 1.95 bits per heavy atom. The van der Waals surface area contributed by atoms with Gasteiger partial charge in [0, 0.05) is 6.54 Å². The molecule has 0 radical (unpaired) electrons. The Hall–Kier alpha value is -0.810. The molecule has 1 amide bonds. The van der Waals surface area contributed by atoms with Crippen LogP contribution in [-0.2, 0) is 4.79 Å². The second-order valence-corrected chi connectivity index (χ2v) is 5.78. The molecular weight excluding hydrogens is 321 g/mol. The number of nitrogens with zero attached hydrogens (tertiary/aromatic N) is 1. The van der Waals surface area contributed by atoms with Gasteiger partial charge in [-0.05, 0) is 46.0 Å². The highest BCUT2D eigenvalue weighted by Crippen LogP contribution is 2.18. The van der Waals surface area contributed by atoms with Crippen molar-refractivity contribution in [2.45, 2.75) is 31.8 Å². The maximum absolute atomic E-state index is 12.1. The van der Waals surface area contributed by atoms with Crippen molar-refractivity contribution in [1.82, 2.24) is 15.5 Å². The normalized spacial score (nSPS) is 18.3. The molecule has 2 N–H and O–H groups in total. The summed E-state index contributed by atoms with van der Waals surface area (Å²) >= 11 is 0. The number of carbonyl (C=O) groups is 1. The van der Waals surface area contributed by atoms with Gasteiger partial charge in [-0.2, -0.15) is 0 Å². The molecule has 1 aromatic rings. The van der Waals surface area contributed by atoms with Crippen molar-refractivity contribution in [1.29, 1.82) is 0 Å². The van der Waals surface area contributed by atoms with Gasteiger partial charge >= 0.3 is 0 Å². The highest BCUT2D eigenvalue weighted by molar-refractivity contribution is 5.85. The predicted molar refractivity (Wildman–Crippen MR) is 96.1 cm³/mol. The number of aryl methyl sites for hydroxylation is 1. The van der Waals surface area contributed by atoms with Gasteiger partial charge in [-0.3, -0.25) is 4.79 Å². The van der Waals surface area contributed by atoms with E-state index in [-0.39, 0.29) is 42.8 Å². The van der Waals surface area contributed by atoms with E-state index in [4.69, 9.17) is 0 Å². The van der Waals surface area contributed by atoms with Crippen molar-refractivity contribution in [3.05, 3.63) is 35.4 Å². The van der Waals surface area contributed by atoms with Crippen LogP contribution >= 0.6 is 24.8 Å². The van der Waals surface area contributed by atoms with E-state index < -0.39 is 0 Å². The zero-order valence-corrected chi connectivity index (χ0v) is 15.1. The number of halogens is 2. The summed E-state index contributed by atoms with van der Waals surface area (Å²) in [5, 5.41) is 6.31. The van der Waals surface area contributed by atoms with Gasteiger partial charge in [0.25, 0.3) is 0 Å². The van der Waals surface area contributed by atoms with Gasteiger partial charge < -0.3 is 15.5 Å². The first-order valence-electron chi connectivity index (χ1n) is 7.32. The average molecular weight is 348 g/mol. The van der Waals surface area contributed by atoms with Gasteiger partial charge in [0.2, 0.25) is 5.91 Å². The molecule has 0 bridgehead atoms. The fourth-order valence-electron chi connectivity index (χ4n) is 2.62. The van der Waals surface area contributed by atoms with E-state index >= 15 is 0 Å². The van der Waals surface area contributed by atoms with E-state index in [2.05, 4.69) is 46.7 Å². The molecule has 0 saturated carbocycles. The SMILES string of the molecule is Cc1ccc(C(CNC(=O)C2CCCN2)N(C)C)cc1.Cl.Cl. The lowest BCUT2D eigenvalue weighted by Gasteiger charge is -2.26. The van der Waals surface area contributed by atoms with Crippen LogP contribution in [0.5, 0.6) is 0 Å². The van der Waals surface area contributed by atoms with Gasteiger partial charge in [-0.15, -0.1) is 24.8 Å². The molecule has 4 nitrogen and oxygen atoms in total. The smallest absolute Gasteiger partial charge is 0.237 e. The summed E-state index contributed by atoms with van der Waals surface area (Å²) in [6.45, 7) is 3.68. The number of benzene rings is 1. The molecular formula is C16H27Cl2N3O. The molecule has 1 heterocycles. The monoisotopic (exact) mass is 347 g/mol. The molecule has 1 aromatic carbocycles. The summed E-state index contributed by atoms with van der Waals surface area (Å²) in [5.41, 5.74) is 2.49. The van der Waals surface area contributed by atoms with E-state index in [9.17, 15) is 4.79 Å². The number of amides is 1. The molecule has 0 aliphatic carbocycles. The lowest BCUT2D eigenvalue weighted by Crippen LogP contribution is -2.43. The third-order valence-corrected chi connectivity index (χ3v) is 3.93. The van der Waals surface area contributed by atoms with E-state index in [0.717, 1.165) is 19.4 Å². The lowest BCUT2D eigenvalue weighted by molar-refractivity contribution is -0.123. The Bertz CT molecular complexity index is 445. The van der Waals surface area contributed by atoms with Gasteiger partial charge in [-0.25, -0.2) is 0 Å². The van der Waals surface area contributed by atoms with Crippen LogP contribution < -0.4 is 10.6 Å². The standard InChI is InChI=1S/C16H25N3O.2ClH/c1-12-6-8-13(9-7-12)15(19(2)3)11-18-16(20)14-5-4-10-17-14;;/h6-9,14-15,17H,4-5,10-11H2,1-3H3,(H,18,20);2*1H. The second kappa shape index (κ2) is 10.1. The Labute approximate surface area is 145 Å². The van der Waals surface area contributed by atoms with E-state index in [1.165, 1.54) is 11.1 Å². The van der Waals surface area contributed by atoms with Crippen LogP contribution in [0.15, 0.2) is 24.3 Å². The molecule has 1 aliphatic heterocycles. The predicted octanol–water partition coefficient (Wildman–Crippen LogP) is 2.31. The number of carbonyl (C=O) groups excluding carboxylic acids is 1. The van der Waals surface area contributed by atoms with Crippen molar-refractivity contribution < 1.29 is 4.79 Å². The van der Waals surface area contributed by atoms with Crippen molar-refractivity contribution in [2.75, 3.05) is 27.2 Å². The molecule has 2 rings (SSSR count). The maximum Gasteiger partial charge on any atom is 0.237 e. The van der Waals surface area contributed by atoms with Crippen molar-refractivity contribution >= 4 is 30.7 Å². The van der Waals surface area contributed by atoms with Crippen LogP contribution in [0.3, 0.4) is 0 Å². The molecule has 2 unspecified atom stereocenters. The molecule has 1 fully saturated rings. The number of nitrogens with one attached hydrogen (secondary N) is 2. The molecule has 1 aliphatic rings. The Morgan fingerprint density at radius 1 is 1.32 bits per heavy atom. The molecule has 0 aromatic heterocycles. The molecule has 0 spiro atoms. The van der Waals surface area contributed by atoms with Crippen molar-refractivity contribution in [3.63, 3.8) is 0 Å². The van der Waals surface area contributed by atoms with Gasteiger partial charge in [0.05, 0.1) is 12.1 Å². The summed E-state index contributed by atoms with van der Waals surface area (Å²) in [4.78, 5) is 14.2. The first-order valence-corrected chi connectivity index (χ1v) is 7.32. The van der Waals surface area contributed by atoms with Crippen LogP contribution in [0.1, 0.15) is 30.0 Å². The van der Waals surface area contributed by atoms with Crippen LogP contribution in [0.4, 0.5) is 0 Å². The Morgan fingerprint density at radius 3 is 2.45 bits per heavy atom. The average Bonchev–Trinajstić information content (AvgIpc) is 2.94. The first-order chi connectivity index (χ1) is 9.58. The zero-order chi connectivity index (χ0) is 14.5. The summed E-state index contributed by atoms with van der Waals surface area (Å²) in [6, 6.07) is 8.72. The number of hydrogen-bond acceptors (Lipinski definition) is 3. The fraction of sp³-hybridized carbons (Fsp3) is 0.562. The molecule has 1 saturated heterocycles. The van der Waals surface area contributed by atoms with Crippen LogP contribution in [0, 0.1) is 6.92 Å². The largest absolute Gasteiger partial charge is 0.353 e. The summed E-state index contributed by atoms with van der Waals surface area (Å²) in [6.07, 6.45) is 2.04. The van der Waals surface area contributed by atoms with Gasteiger partial charge in [0.15, 0.2) is 0 Å². The molecule has 2 atom stereocenters. The maximum atomic E-state index is 12.1. The highest BCUT2D eigenvalue weighted by atomic mass is 35.5. The highest BCUT2D eigenvalue weighted by Gasteiger charge is 2.23. The third-order valence-electron chi connectivity index (χ3n) is 3.93. The van der Waals surface area contributed by atoms with Crippen LogP contribution in [-0.4, -0.2) is 44.0 Å². The van der Waals surface area contributed by atoms with Crippen molar-refractivity contribution in [3.8, 4) is 0 Å². The summed E-state index contributed by atoms with van der Waals surface area (Å²) in [5.74, 6) is 0.126. The second-order valence-electron chi connectivity index (χ2n) is 5.78. The lowest BCUT2D eigenvalue weighted by atomic mass is 10.0. The summed E-state index contributed by atoms with van der Waals surface area (Å²) in [7, 11) is 4.09. The number of rotatable bonds is 5. The van der Waals surface area contributed by atoms with Gasteiger partial charge in [0.1, 0.15) is 0 Å². The topological polar surface area (TPSA) is 44.4 Å². The van der Waals surface area contributed by atoms with Crippen LogP contribution in [0.2, 0.25) is 0 Å². The Balaban J connectivity index is 0.00000220. The Kier molecular flexibility index (Phi) is 9.69. The van der Waals surface area contributed by atoms with Crippen LogP contribution in [0.25, 0.3) is 0 Å². The molecule has 126 valence electrons.